The second-order valence-corrected chi connectivity index (χ2v) is 4.79. The molecule has 0 saturated carbocycles. The van der Waals surface area contributed by atoms with Crippen LogP contribution in [-0.4, -0.2) is 13.1 Å². The van der Waals surface area contributed by atoms with Crippen molar-refractivity contribution in [3.63, 3.8) is 0 Å². The molecule has 0 spiro atoms. The number of methoxy groups -OCH3 is 1. The van der Waals surface area contributed by atoms with Gasteiger partial charge in [0.25, 0.3) is 0 Å². The SMILES string of the molecule is COC(=O)/C(C#N)=C\c1ccc(-c2ccc(Br)cc2)o1. The third kappa shape index (κ3) is 3.16. The van der Waals surface area contributed by atoms with E-state index in [0.717, 1.165) is 10.0 Å². The molecule has 1 heterocycles. The molecule has 0 fully saturated rings. The van der Waals surface area contributed by atoms with Crippen LogP contribution in [0.3, 0.4) is 0 Å². The minimum atomic E-state index is -0.686. The molecule has 2 rings (SSSR count). The van der Waals surface area contributed by atoms with Gasteiger partial charge in [0, 0.05) is 16.1 Å². The van der Waals surface area contributed by atoms with Gasteiger partial charge < -0.3 is 9.15 Å². The third-order valence-electron chi connectivity index (χ3n) is 2.57. The molecule has 100 valence electrons. The minimum absolute atomic E-state index is 0.107. The molecule has 5 heteroatoms. The molecule has 0 bridgehead atoms. The van der Waals surface area contributed by atoms with Crippen LogP contribution in [0.2, 0.25) is 0 Å². The number of benzene rings is 1. The van der Waals surface area contributed by atoms with Crippen LogP contribution in [0.1, 0.15) is 5.76 Å². The maximum Gasteiger partial charge on any atom is 0.348 e. The first-order valence-corrected chi connectivity index (χ1v) is 6.49. The van der Waals surface area contributed by atoms with Gasteiger partial charge in [0.15, 0.2) is 0 Å². The maximum absolute atomic E-state index is 11.3. The number of carbonyl (C=O) groups excluding carboxylic acids is 1. The normalized spacial score (nSPS) is 10.9. The van der Waals surface area contributed by atoms with E-state index in [9.17, 15) is 4.79 Å². The molecule has 0 unspecified atom stereocenters. The summed E-state index contributed by atoms with van der Waals surface area (Å²) in [6, 6.07) is 12.9. The molecule has 2 aromatic rings. The Kier molecular flexibility index (Phi) is 4.38. The number of nitriles is 1. The monoisotopic (exact) mass is 331 g/mol. The molecular weight excluding hydrogens is 322 g/mol. The van der Waals surface area contributed by atoms with Gasteiger partial charge in [0.2, 0.25) is 0 Å². The van der Waals surface area contributed by atoms with Crippen molar-refractivity contribution in [2.24, 2.45) is 0 Å². The van der Waals surface area contributed by atoms with Crippen LogP contribution >= 0.6 is 15.9 Å². The van der Waals surface area contributed by atoms with Crippen LogP contribution in [0, 0.1) is 11.3 Å². The summed E-state index contributed by atoms with van der Waals surface area (Å²) >= 11 is 3.36. The summed E-state index contributed by atoms with van der Waals surface area (Å²) in [6.07, 6.45) is 1.36. The van der Waals surface area contributed by atoms with Crippen molar-refractivity contribution in [1.82, 2.24) is 0 Å². The summed E-state index contributed by atoms with van der Waals surface area (Å²) in [5.41, 5.74) is 0.800. The van der Waals surface area contributed by atoms with Gasteiger partial charge in [0.05, 0.1) is 7.11 Å². The van der Waals surface area contributed by atoms with Gasteiger partial charge in [-0.05, 0) is 24.3 Å². The summed E-state index contributed by atoms with van der Waals surface area (Å²) in [5.74, 6) is 0.393. The molecule has 0 aliphatic heterocycles. The highest BCUT2D eigenvalue weighted by molar-refractivity contribution is 9.10. The topological polar surface area (TPSA) is 63.2 Å². The van der Waals surface area contributed by atoms with Gasteiger partial charge in [-0.3, -0.25) is 0 Å². The Morgan fingerprint density at radius 3 is 2.60 bits per heavy atom. The number of carbonyl (C=O) groups is 1. The zero-order valence-electron chi connectivity index (χ0n) is 10.6. The van der Waals surface area contributed by atoms with Crippen LogP contribution in [0.5, 0.6) is 0 Å². The summed E-state index contributed by atoms with van der Waals surface area (Å²) in [6.45, 7) is 0. The van der Waals surface area contributed by atoms with Crippen molar-refractivity contribution in [1.29, 1.82) is 5.26 Å². The first-order valence-electron chi connectivity index (χ1n) is 5.70. The summed E-state index contributed by atoms with van der Waals surface area (Å²) in [5, 5.41) is 8.88. The minimum Gasteiger partial charge on any atom is -0.465 e. The molecule has 0 amide bonds. The Hall–Kier alpha value is -2.32. The van der Waals surface area contributed by atoms with E-state index in [2.05, 4.69) is 20.7 Å². The summed E-state index contributed by atoms with van der Waals surface area (Å²) in [4.78, 5) is 11.3. The lowest BCUT2D eigenvalue weighted by atomic mass is 10.2. The van der Waals surface area contributed by atoms with Gasteiger partial charge in [-0.2, -0.15) is 5.26 Å². The first kappa shape index (κ1) is 14.1. The maximum atomic E-state index is 11.3. The van der Waals surface area contributed by atoms with E-state index in [-0.39, 0.29) is 5.57 Å². The molecule has 4 nitrogen and oxygen atoms in total. The highest BCUT2D eigenvalue weighted by Gasteiger charge is 2.10. The Balaban J connectivity index is 2.29. The van der Waals surface area contributed by atoms with Crippen molar-refractivity contribution >= 4 is 28.0 Å². The van der Waals surface area contributed by atoms with E-state index in [4.69, 9.17) is 9.68 Å². The standard InChI is InChI=1S/C15H10BrNO3/c1-19-15(18)11(9-17)8-13-6-7-14(20-13)10-2-4-12(16)5-3-10/h2-8H,1H3/b11-8-. The van der Waals surface area contributed by atoms with Crippen LogP contribution in [0.25, 0.3) is 17.4 Å². The quantitative estimate of drug-likeness (QED) is 0.487. The highest BCUT2D eigenvalue weighted by Crippen LogP contribution is 2.25. The lowest BCUT2D eigenvalue weighted by Crippen LogP contribution is -2.02. The van der Waals surface area contributed by atoms with Crippen molar-refractivity contribution in [2.45, 2.75) is 0 Å². The molecule has 0 atom stereocenters. The van der Waals surface area contributed by atoms with E-state index in [1.54, 1.807) is 18.2 Å². The lowest BCUT2D eigenvalue weighted by Gasteiger charge is -1.97. The molecule has 1 aromatic carbocycles. The molecular formula is C15H10BrNO3. The number of esters is 1. The largest absolute Gasteiger partial charge is 0.465 e. The number of rotatable bonds is 3. The predicted molar refractivity (Wildman–Crippen MR) is 77.5 cm³/mol. The van der Waals surface area contributed by atoms with Crippen molar-refractivity contribution < 1.29 is 13.9 Å². The van der Waals surface area contributed by atoms with E-state index in [1.165, 1.54) is 13.2 Å². The van der Waals surface area contributed by atoms with Crippen LogP contribution in [-0.2, 0) is 9.53 Å². The van der Waals surface area contributed by atoms with Gasteiger partial charge >= 0.3 is 5.97 Å². The van der Waals surface area contributed by atoms with E-state index in [1.807, 2.05) is 24.3 Å². The summed E-state index contributed by atoms with van der Waals surface area (Å²) < 4.78 is 11.1. The van der Waals surface area contributed by atoms with Crippen molar-refractivity contribution in [2.75, 3.05) is 7.11 Å². The van der Waals surface area contributed by atoms with Crippen LogP contribution in [0.15, 0.2) is 50.9 Å². The zero-order chi connectivity index (χ0) is 14.5. The zero-order valence-corrected chi connectivity index (χ0v) is 12.2. The fraction of sp³-hybridized carbons (Fsp3) is 0.0667. The Bertz CT molecular complexity index is 693. The fourth-order valence-electron chi connectivity index (χ4n) is 1.59. The number of ether oxygens (including phenoxy) is 1. The average Bonchev–Trinajstić information content (AvgIpc) is 2.93. The first-order chi connectivity index (χ1) is 9.63. The molecule has 0 saturated heterocycles. The van der Waals surface area contributed by atoms with E-state index in [0.29, 0.717) is 11.5 Å². The lowest BCUT2D eigenvalue weighted by molar-refractivity contribution is -0.135. The second kappa shape index (κ2) is 6.22. The fourth-order valence-corrected chi connectivity index (χ4v) is 1.85. The highest BCUT2D eigenvalue weighted by atomic mass is 79.9. The van der Waals surface area contributed by atoms with Crippen LogP contribution < -0.4 is 0 Å². The number of nitrogens with zero attached hydrogens (tertiary/aromatic N) is 1. The average molecular weight is 332 g/mol. The summed E-state index contributed by atoms with van der Waals surface area (Å²) in [7, 11) is 1.23. The molecule has 0 aliphatic rings. The second-order valence-electron chi connectivity index (χ2n) is 3.87. The predicted octanol–water partition coefficient (Wildman–Crippen LogP) is 3.79. The van der Waals surface area contributed by atoms with E-state index >= 15 is 0 Å². The smallest absolute Gasteiger partial charge is 0.348 e. The van der Waals surface area contributed by atoms with Gasteiger partial charge in [-0.15, -0.1) is 0 Å². The molecule has 0 N–H and O–H groups in total. The van der Waals surface area contributed by atoms with Crippen LogP contribution in [0.4, 0.5) is 0 Å². The molecule has 0 aliphatic carbocycles. The van der Waals surface area contributed by atoms with Crippen molar-refractivity contribution in [3.05, 3.63) is 52.2 Å². The number of hydrogen-bond donors (Lipinski definition) is 0. The van der Waals surface area contributed by atoms with Gasteiger partial charge in [0.1, 0.15) is 23.2 Å². The van der Waals surface area contributed by atoms with Gasteiger partial charge in [-0.25, -0.2) is 4.79 Å². The Labute approximate surface area is 124 Å². The third-order valence-corrected chi connectivity index (χ3v) is 3.10. The number of furan rings is 1. The number of halogens is 1. The Morgan fingerprint density at radius 1 is 1.30 bits per heavy atom. The van der Waals surface area contributed by atoms with E-state index < -0.39 is 5.97 Å². The number of hydrogen-bond acceptors (Lipinski definition) is 4. The van der Waals surface area contributed by atoms with Gasteiger partial charge in [-0.1, -0.05) is 28.1 Å². The van der Waals surface area contributed by atoms with Crippen molar-refractivity contribution in [3.8, 4) is 17.4 Å². The molecule has 1 aromatic heterocycles. The molecule has 20 heavy (non-hydrogen) atoms. The Morgan fingerprint density at radius 2 is 2.00 bits per heavy atom. The molecule has 0 radical (unpaired) electrons.